The number of carbonyl (C=O) groups excluding carboxylic acids is 2. The first kappa shape index (κ1) is 28.5. The molecular weight excluding hydrogens is 506 g/mol. The van der Waals surface area contributed by atoms with Crippen LogP contribution < -0.4 is 15.4 Å². The lowest BCUT2D eigenvalue weighted by Gasteiger charge is -2.24. The van der Waals surface area contributed by atoms with E-state index in [1.54, 1.807) is 38.0 Å². The molecular formula is C30H37N7O3. The Kier molecular flexibility index (Phi) is 7.81. The quantitative estimate of drug-likeness (QED) is 0.335. The predicted molar refractivity (Wildman–Crippen MR) is 155 cm³/mol. The lowest BCUT2D eigenvalue weighted by molar-refractivity contribution is 0.0933. The molecule has 0 spiro atoms. The Morgan fingerprint density at radius 2 is 1.75 bits per heavy atom. The van der Waals surface area contributed by atoms with Gasteiger partial charge in [-0.05, 0) is 53.1 Å². The predicted octanol–water partition coefficient (Wildman–Crippen LogP) is 5.10. The molecule has 2 aromatic carbocycles. The first-order valence-electron chi connectivity index (χ1n) is 13.1. The average Bonchev–Trinajstić information content (AvgIpc) is 3.59. The van der Waals surface area contributed by atoms with Crippen LogP contribution in [-0.4, -0.2) is 50.0 Å². The van der Waals surface area contributed by atoms with E-state index in [1.807, 2.05) is 56.7 Å². The van der Waals surface area contributed by atoms with Gasteiger partial charge >= 0.3 is 0 Å². The van der Waals surface area contributed by atoms with Gasteiger partial charge in [0.1, 0.15) is 0 Å². The van der Waals surface area contributed by atoms with Crippen LogP contribution in [0, 0.1) is 12.3 Å². The van der Waals surface area contributed by atoms with Gasteiger partial charge < -0.3 is 19.9 Å². The zero-order valence-electron chi connectivity index (χ0n) is 24.4. The van der Waals surface area contributed by atoms with Crippen molar-refractivity contribution in [3.8, 4) is 17.1 Å². The third kappa shape index (κ3) is 6.39. The summed E-state index contributed by atoms with van der Waals surface area (Å²) in [5.74, 6) is -0.0911. The number of amides is 2. The van der Waals surface area contributed by atoms with Gasteiger partial charge in [-0.2, -0.15) is 0 Å². The van der Waals surface area contributed by atoms with Gasteiger partial charge in [0.2, 0.25) is 0 Å². The molecule has 0 bridgehead atoms. The number of benzene rings is 2. The number of ether oxygens (including phenoxy) is 1. The molecule has 0 radical (unpaired) electrons. The molecule has 0 saturated heterocycles. The van der Waals surface area contributed by atoms with Crippen LogP contribution in [0.3, 0.4) is 0 Å². The molecule has 0 aliphatic rings. The molecule has 2 heterocycles. The van der Waals surface area contributed by atoms with Crippen LogP contribution in [0.1, 0.15) is 73.5 Å². The molecule has 0 aliphatic carbocycles. The zero-order chi connectivity index (χ0) is 29.2. The summed E-state index contributed by atoms with van der Waals surface area (Å²) in [6.45, 7) is 14.9. The summed E-state index contributed by atoms with van der Waals surface area (Å²) in [4.78, 5) is 30.3. The molecule has 10 nitrogen and oxygen atoms in total. The number of anilines is 1. The van der Waals surface area contributed by atoms with Crippen LogP contribution in [0.5, 0.6) is 5.75 Å². The average molecular weight is 544 g/mol. The standard InChI is InChI=1S/C30H37N7O3/c1-19-9-10-20(13-24(19)37-16-23(34-35-37)28(39)32-17-29(2,3)4)27(38)33-22-14-21(30(5,6)7)15-25(26(22)40-8)36-12-11-31-18-36/h9-16,18H,17H2,1-8H3,(H,32,39)(H,33,38). The number of aryl methyl sites for hydroxylation is 1. The van der Waals surface area contributed by atoms with Crippen molar-refractivity contribution >= 4 is 17.5 Å². The van der Waals surface area contributed by atoms with Gasteiger partial charge in [-0.3, -0.25) is 9.59 Å². The number of rotatable bonds is 7. The van der Waals surface area contributed by atoms with Crippen LogP contribution in [0.15, 0.2) is 55.2 Å². The topological polar surface area (TPSA) is 116 Å². The highest BCUT2D eigenvalue weighted by Crippen LogP contribution is 2.37. The molecule has 0 atom stereocenters. The number of hydrogen-bond donors (Lipinski definition) is 2. The van der Waals surface area contributed by atoms with Crippen LogP contribution in [0.4, 0.5) is 5.69 Å². The fraction of sp³-hybridized carbons (Fsp3) is 0.367. The zero-order valence-corrected chi connectivity index (χ0v) is 24.4. The second kappa shape index (κ2) is 11.0. The Labute approximate surface area is 234 Å². The molecule has 2 aromatic heterocycles. The van der Waals surface area contributed by atoms with E-state index in [4.69, 9.17) is 4.74 Å². The minimum absolute atomic E-state index is 0.0570. The third-order valence-corrected chi connectivity index (χ3v) is 6.39. The summed E-state index contributed by atoms with van der Waals surface area (Å²) >= 11 is 0. The highest BCUT2D eigenvalue weighted by atomic mass is 16.5. The largest absolute Gasteiger partial charge is 0.492 e. The lowest BCUT2D eigenvalue weighted by Crippen LogP contribution is -2.32. The van der Waals surface area contributed by atoms with Gasteiger partial charge in [-0.25, -0.2) is 9.67 Å². The molecule has 10 heteroatoms. The number of carbonyl (C=O) groups is 2. The van der Waals surface area contributed by atoms with Crippen LogP contribution >= 0.6 is 0 Å². The highest BCUT2D eigenvalue weighted by Gasteiger charge is 2.22. The van der Waals surface area contributed by atoms with Crippen molar-refractivity contribution in [3.63, 3.8) is 0 Å². The van der Waals surface area contributed by atoms with Crippen LogP contribution in [0.2, 0.25) is 0 Å². The second-order valence-corrected chi connectivity index (χ2v) is 12.0. The Hall–Kier alpha value is -4.47. The van der Waals surface area contributed by atoms with E-state index in [-0.39, 0.29) is 28.3 Å². The molecule has 0 aliphatic heterocycles. The number of nitrogens with one attached hydrogen (secondary N) is 2. The summed E-state index contributed by atoms with van der Waals surface area (Å²) in [5, 5.41) is 14.1. The highest BCUT2D eigenvalue weighted by molar-refractivity contribution is 6.06. The number of nitrogens with zero attached hydrogens (tertiary/aromatic N) is 5. The summed E-state index contributed by atoms with van der Waals surface area (Å²) in [7, 11) is 1.58. The number of hydrogen-bond acceptors (Lipinski definition) is 6. The van der Waals surface area contributed by atoms with Crippen molar-refractivity contribution in [1.82, 2.24) is 29.9 Å². The van der Waals surface area contributed by atoms with E-state index in [1.165, 1.54) is 4.68 Å². The lowest BCUT2D eigenvalue weighted by atomic mass is 9.86. The maximum Gasteiger partial charge on any atom is 0.273 e. The van der Waals surface area contributed by atoms with Crippen molar-refractivity contribution in [1.29, 1.82) is 0 Å². The Morgan fingerprint density at radius 3 is 2.38 bits per heavy atom. The summed E-state index contributed by atoms with van der Waals surface area (Å²) < 4.78 is 9.12. The van der Waals surface area contributed by atoms with Crippen molar-refractivity contribution in [3.05, 3.63) is 77.6 Å². The second-order valence-electron chi connectivity index (χ2n) is 12.0. The monoisotopic (exact) mass is 543 g/mol. The number of methoxy groups -OCH3 is 1. The van der Waals surface area contributed by atoms with E-state index in [9.17, 15) is 9.59 Å². The number of imidazole rings is 1. The first-order valence-corrected chi connectivity index (χ1v) is 13.1. The minimum atomic E-state index is -0.314. The first-order chi connectivity index (χ1) is 18.8. The normalized spacial score (nSPS) is 11.8. The van der Waals surface area contributed by atoms with Gasteiger partial charge in [-0.1, -0.05) is 52.8 Å². The summed E-state index contributed by atoms with van der Waals surface area (Å²) in [6.07, 6.45) is 6.78. The Morgan fingerprint density at radius 1 is 1.00 bits per heavy atom. The van der Waals surface area contributed by atoms with E-state index in [2.05, 4.69) is 46.7 Å². The van der Waals surface area contributed by atoms with Gasteiger partial charge in [0.15, 0.2) is 11.4 Å². The van der Waals surface area contributed by atoms with Gasteiger partial charge in [0.25, 0.3) is 11.8 Å². The fourth-order valence-electron chi connectivity index (χ4n) is 4.06. The number of aromatic nitrogens is 5. The maximum atomic E-state index is 13.5. The minimum Gasteiger partial charge on any atom is -0.492 e. The molecule has 0 saturated carbocycles. The van der Waals surface area contributed by atoms with E-state index >= 15 is 0 Å². The van der Waals surface area contributed by atoms with Crippen molar-refractivity contribution in [2.24, 2.45) is 5.41 Å². The van der Waals surface area contributed by atoms with Crippen LogP contribution in [-0.2, 0) is 5.41 Å². The van der Waals surface area contributed by atoms with E-state index in [0.29, 0.717) is 29.2 Å². The molecule has 210 valence electrons. The van der Waals surface area contributed by atoms with Crippen molar-refractivity contribution in [2.75, 3.05) is 19.0 Å². The van der Waals surface area contributed by atoms with Gasteiger partial charge in [-0.15, -0.1) is 5.10 Å². The summed E-state index contributed by atoms with van der Waals surface area (Å²) in [6, 6.07) is 9.29. The van der Waals surface area contributed by atoms with Gasteiger partial charge in [0.05, 0.1) is 36.7 Å². The smallest absolute Gasteiger partial charge is 0.273 e. The van der Waals surface area contributed by atoms with E-state index < -0.39 is 0 Å². The molecule has 2 N–H and O–H groups in total. The SMILES string of the molecule is COc1c(NC(=O)c2ccc(C)c(-n3cc(C(=O)NCC(C)(C)C)nn3)c2)cc(C(C)(C)C)cc1-n1ccnc1. The molecule has 4 rings (SSSR count). The molecule has 40 heavy (non-hydrogen) atoms. The van der Waals surface area contributed by atoms with E-state index in [0.717, 1.165) is 16.8 Å². The molecule has 0 unspecified atom stereocenters. The molecule has 4 aromatic rings. The fourth-order valence-corrected chi connectivity index (χ4v) is 4.06. The summed E-state index contributed by atoms with van der Waals surface area (Å²) in [5.41, 5.74) is 4.24. The molecule has 2 amide bonds. The van der Waals surface area contributed by atoms with Crippen molar-refractivity contribution < 1.29 is 14.3 Å². The molecule has 0 fully saturated rings. The van der Waals surface area contributed by atoms with Gasteiger partial charge in [0, 0.05) is 24.5 Å². The maximum absolute atomic E-state index is 13.5. The van der Waals surface area contributed by atoms with Crippen LogP contribution in [0.25, 0.3) is 11.4 Å². The third-order valence-electron chi connectivity index (χ3n) is 6.39. The van der Waals surface area contributed by atoms with Crippen molar-refractivity contribution in [2.45, 2.75) is 53.9 Å². The Balaban J connectivity index is 1.65. The Bertz CT molecular complexity index is 1520.